The maximum absolute atomic E-state index is 12.8. The second-order valence-corrected chi connectivity index (χ2v) is 7.43. The van der Waals surface area contributed by atoms with Crippen LogP contribution in [0, 0.1) is 0 Å². The number of halogens is 2. The van der Waals surface area contributed by atoms with Crippen molar-refractivity contribution in [1.82, 2.24) is 4.31 Å². The lowest BCUT2D eigenvalue weighted by molar-refractivity contribution is 0.393. The highest BCUT2D eigenvalue weighted by molar-refractivity contribution is 7.89. The number of sulfonamides is 1. The molecule has 1 heterocycles. The van der Waals surface area contributed by atoms with Crippen LogP contribution in [-0.2, 0) is 16.4 Å². The van der Waals surface area contributed by atoms with E-state index in [0.717, 1.165) is 31.2 Å². The van der Waals surface area contributed by atoms with Gasteiger partial charge < -0.3 is 5.73 Å². The van der Waals surface area contributed by atoms with Gasteiger partial charge in [0.15, 0.2) is 0 Å². The van der Waals surface area contributed by atoms with E-state index in [1.165, 1.54) is 4.31 Å². The second-order valence-electron chi connectivity index (χ2n) is 5.16. The summed E-state index contributed by atoms with van der Waals surface area (Å²) in [6.45, 7) is 2.94. The minimum absolute atomic E-state index is 0. The van der Waals surface area contributed by atoms with Crippen LogP contribution in [0.1, 0.15) is 31.7 Å². The number of aryl methyl sites for hydroxylation is 1. The first kappa shape index (κ1) is 18.7. The Morgan fingerprint density at radius 2 is 2.14 bits per heavy atom. The Balaban J connectivity index is 0.00000220. The van der Waals surface area contributed by atoms with E-state index in [-0.39, 0.29) is 28.4 Å². The van der Waals surface area contributed by atoms with Crippen LogP contribution in [0.4, 0.5) is 0 Å². The third kappa shape index (κ3) is 3.90. The molecule has 0 aromatic heterocycles. The zero-order valence-corrected chi connectivity index (χ0v) is 14.5. The van der Waals surface area contributed by atoms with E-state index in [4.69, 9.17) is 17.3 Å². The molecule has 1 fully saturated rings. The number of nitrogens with zero attached hydrogens (tertiary/aromatic N) is 1. The molecule has 21 heavy (non-hydrogen) atoms. The highest BCUT2D eigenvalue weighted by atomic mass is 35.5. The Bertz CT molecular complexity index is 578. The lowest BCUT2D eigenvalue weighted by atomic mass is 10.1. The molecule has 1 aliphatic heterocycles. The van der Waals surface area contributed by atoms with Gasteiger partial charge in [0.1, 0.15) is 4.90 Å². The van der Waals surface area contributed by atoms with Crippen LogP contribution < -0.4 is 5.73 Å². The lowest BCUT2D eigenvalue weighted by Gasteiger charge is -2.23. The highest BCUT2D eigenvalue weighted by Crippen LogP contribution is 2.30. The first-order valence-electron chi connectivity index (χ1n) is 7.01. The van der Waals surface area contributed by atoms with Gasteiger partial charge in [-0.15, -0.1) is 12.4 Å². The van der Waals surface area contributed by atoms with Crippen LogP contribution in [-0.4, -0.2) is 31.9 Å². The molecule has 120 valence electrons. The van der Waals surface area contributed by atoms with E-state index in [2.05, 4.69) is 6.92 Å². The molecule has 1 aliphatic rings. The summed E-state index contributed by atoms with van der Waals surface area (Å²) in [6, 6.07) is 5.15. The fourth-order valence-corrected chi connectivity index (χ4v) is 4.91. The minimum Gasteiger partial charge on any atom is -0.329 e. The summed E-state index contributed by atoms with van der Waals surface area (Å²) in [7, 11) is -3.55. The Morgan fingerprint density at radius 1 is 1.43 bits per heavy atom. The number of hydrogen-bond acceptors (Lipinski definition) is 3. The summed E-state index contributed by atoms with van der Waals surface area (Å²) in [4.78, 5) is 0.213. The Morgan fingerprint density at radius 3 is 2.76 bits per heavy atom. The average molecular weight is 353 g/mol. The Kier molecular flexibility index (Phi) is 6.94. The van der Waals surface area contributed by atoms with Crippen molar-refractivity contribution < 1.29 is 8.42 Å². The molecule has 2 rings (SSSR count). The van der Waals surface area contributed by atoms with E-state index >= 15 is 0 Å². The zero-order valence-electron chi connectivity index (χ0n) is 12.1. The molecule has 0 aliphatic carbocycles. The largest absolute Gasteiger partial charge is 0.329 e. The molecule has 0 bridgehead atoms. The lowest BCUT2D eigenvalue weighted by Crippen LogP contribution is -2.40. The van der Waals surface area contributed by atoms with Gasteiger partial charge in [0.2, 0.25) is 10.0 Å². The number of benzene rings is 1. The van der Waals surface area contributed by atoms with Crippen LogP contribution in [0.5, 0.6) is 0 Å². The van der Waals surface area contributed by atoms with Crippen LogP contribution in [0.15, 0.2) is 23.1 Å². The maximum atomic E-state index is 12.8. The molecule has 2 N–H and O–H groups in total. The van der Waals surface area contributed by atoms with Crippen LogP contribution in [0.3, 0.4) is 0 Å². The molecule has 0 amide bonds. The van der Waals surface area contributed by atoms with Crippen LogP contribution in [0.25, 0.3) is 0 Å². The van der Waals surface area contributed by atoms with E-state index in [0.29, 0.717) is 13.1 Å². The quantitative estimate of drug-likeness (QED) is 0.885. The minimum atomic E-state index is -3.55. The Labute approximate surface area is 138 Å². The van der Waals surface area contributed by atoms with Gasteiger partial charge in [0.25, 0.3) is 0 Å². The molecular weight excluding hydrogens is 331 g/mol. The van der Waals surface area contributed by atoms with Crippen molar-refractivity contribution in [2.24, 2.45) is 5.73 Å². The van der Waals surface area contributed by atoms with E-state index < -0.39 is 10.0 Å². The topological polar surface area (TPSA) is 63.4 Å². The van der Waals surface area contributed by atoms with Crippen molar-refractivity contribution >= 4 is 34.0 Å². The molecule has 1 aromatic rings. The third-order valence-corrected chi connectivity index (χ3v) is 6.15. The normalized spacial score (nSPS) is 19.5. The average Bonchev–Trinajstić information content (AvgIpc) is 2.90. The molecule has 7 heteroatoms. The second kappa shape index (κ2) is 7.79. The van der Waals surface area contributed by atoms with Crippen LogP contribution >= 0.6 is 24.0 Å². The van der Waals surface area contributed by atoms with E-state index in [1.54, 1.807) is 12.1 Å². The van der Waals surface area contributed by atoms with Crippen molar-refractivity contribution in [3.8, 4) is 0 Å². The van der Waals surface area contributed by atoms with Crippen molar-refractivity contribution in [1.29, 1.82) is 0 Å². The summed E-state index contributed by atoms with van der Waals surface area (Å²) in [5.74, 6) is 0. The predicted molar refractivity (Wildman–Crippen MR) is 88.7 cm³/mol. The monoisotopic (exact) mass is 352 g/mol. The first-order chi connectivity index (χ1) is 9.50. The fourth-order valence-electron chi connectivity index (χ4n) is 2.68. The number of hydrogen-bond donors (Lipinski definition) is 1. The van der Waals surface area contributed by atoms with Gasteiger partial charge >= 0.3 is 0 Å². The van der Waals surface area contributed by atoms with Gasteiger partial charge in [-0.1, -0.05) is 31.0 Å². The standard InChI is InChI=1S/C14H21ClN2O2S.ClH/c1-2-4-11-6-7-13(15)14(9-11)20(18,19)17-8-3-5-12(17)10-16;/h6-7,9,12H,2-5,8,10,16H2,1H3;1H. The predicted octanol–water partition coefficient (Wildman–Crippen LogP) is 2.83. The van der Waals surface area contributed by atoms with Gasteiger partial charge in [0, 0.05) is 19.1 Å². The molecular formula is C14H22Cl2N2O2S. The third-order valence-electron chi connectivity index (χ3n) is 3.72. The molecule has 1 unspecified atom stereocenters. The van der Waals surface area contributed by atoms with Crippen LogP contribution in [0.2, 0.25) is 5.02 Å². The number of rotatable bonds is 5. The molecule has 0 radical (unpaired) electrons. The van der Waals surface area contributed by atoms with Crippen molar-refractivity contribution in [2.75, 3.05) is 13.1 Å². The van der Waals surface area contributed by atoms with Crippen molar-refractivity contribution in [3.63, 3.8) is 0 Å². The molecule has 0 saturated carbocycles. The summed E-state index contributed by atoms with van der Waals surface area (Å²) < 4.78 is 27.0. The van der Waals surface area contributed by atoms with E-state index in [1.807, 2.05) is 6.07 Å². The van der Waals surface area contributed by atoms with Gasteiger partial charge in [-0.05, 0) is 37.0 Å². The van der Waals surface area contributed by atoms with Crippen molar-refractivity contribution in [2.45, 2.75) is 43.5 Å². The molecule has 1 atom stereocenters. The van der Waals surface area contributed by atoms with Gasteiger partial charge in [0.05, 0.1) is 5.02 Å². The molecule has 1 aromatic carbocycles. The zero-order chi connectivity index (χ0) is 14.8. The molecule has 1 saturated heterocycles. The highest BCUT2D eigenvalue weighted by Gasteiger charge is 2.35. The summed E-state index contributed by atoms with van der Waals surface area (Å²) >= 11 is 6.11. The summed E-state index contributed by atoms with van der Waals surface area (Å²) in [5.41, 5.74) is 6.67. The van der Waals surface area contributed by atoms with E-state index in [9.17, 15) is 8.42 Å². The van der Waals surface area contributed by atoms with Crippen molar-refractivity contribution in [3.05, 3.63) is 28.8 Å². The molecule has 0 spiro atoms. The first-order valence-corrected chi connectivity index (χ1v) is 8.82. The summed E-state index contributed by atoms with van der Waals surface area (Å²) in [6.07, 6.45) is 3.49. The summed E-state index contributed by atoms with van der Waals surface area (Å²) in [5, 5.41) is 0.285. The maximum Gasteiger partial charge on any atom is 0.244 e. The fraction of sp³-hybridized carbons (Fsp3) is 0.571. The SMILES string of the molecule is CCCc1ccc(Cl)c(S(=O)(=O)N2CCCC2CN)c1.Cl. The smallest absolute Gasteiger partial charge is 0.244 e. The van der Waals surface area contributed by atoms with Gasteiger partial charge in [-0.3, -0.25) is 0 Å². The van der Waals surface area contributed by atoms with Gasteiger partial charge in [-0.2, -0.15) is 4.31 Å². The molecule has 4 nitrogen and oxygen atoms in total. The number of nitrogens with two attached hydrogens (primary N) is 1. The van der Waals surface area contributed by atoms with Gasteiger partial charge in [-0.25, -0.2) is 8.42 Å². The Hall–Kier alpha value is -0.330.